The van der Waals surface area contributed by atoms with E-state index in [4.69, 9.17) is 9.29 Å². The molecule has 0 bridgehead atoms. The SMILES string of the molecule is CC(=O)NC[C@H]1CN(c2ccc(N/C=C\S(=O)O)c(F)c2)C(=O)O1. The summed E-state index contributed by atoms with van der Waals surface area (Å²) in [7, 11) is 0. The van der Waals surface area contributed by atoms with Gasteiger partial charge in [-0.1, -0.05) is 0 Å². The van der Waals surface area contributed by atoms with Gasteiger partial charge >= 0.3 is 6.09 Å². The van der Waals surface area contributed by atoms with Gasteiger partial charge < -0.3 is 19.9 Å². The highest BCUT2D eigenvalue weighted by Gasteiger charge is 2.32. The van der Waals surface area contributed by atoms with Crippen LogP contribution in [0.25, 0.3) is 0 Å². The molecule has 1 unspecified atom stereocenters. The fourth-order valence-electron chi connectivity index (χ4n) is 2.07. The summed E-state index contributed by atoms with van der Waals surface area (Å²) in [5.41, 5.74) is 0.394. The normalized spacial score (nSPS) is 18.5. The summed E-state index contributed by atoms with van der Waals surface area (Å²) in [4.78, 5) is 24.0. The van der Waals surface area contributed by atoms with Gasteiger partial charge in [0.25, 0.3) is 0 Å². The number of amides is 2. The molecule has 0 aromatic heterocycles. The van der Waals surface area contributed by atoms with E-state index in [1.54, 1.807) is 0 Å². The zero-order chi connectivity index (χ0) is 17.7. The van der Waals surface area contributed by atoms with Gasteiger partial charge in [-0.05, 0) is 18.2 Å². The summed E-state index contributed by atoms with van der Waals surface area (Å²) in [6.07, 6.45) is 0.00710. The van der Waals surface area contributed by atoms with Crippen molar-refractivity contribution in [1.29, 1.82) is 0 Å². The second-order valence-electron chi connectivity index (χ2n) is 4.94. The van der Waals surface area contributed by atoms with Crippen LogP contribution in [0.5, 0.6) is 0 Å². The van der Waals surface area contributed by atoms with Crippen LogP contribution < -0.4 is 15.5 Å². The van der Waals surface area contributed by atoms with Gasteiger partial charge in [0.1, 0.15) is 11.9 Å². The van der Waals surface area contributed by atoms with Crippen molar-refractivity contribution < 1.29 is 27.5 Å². The average Bonchev–Trinajstić information content (AvgIpc) is 2.87. The standard InChI is InChI=1S/C14H16FN3O5S/c1-9(19)17-7-11-8-18(14(20)23-11)10-2-3-13(12(15)6-10)16-4-5-24(21)22/h2-6,11,16H,7-8H2,1H3,(H,17,19)(H,21,22)/b5-4-/t11-/m0/s1. The third kappa shape index (κ3) is 4.77. The molecule has 1 aliphatic heterocycles. The van der Waals surface area contributed by atoms with Gasteiger partial charge in [0, 0.05) is 18.5 Å². The predicted octanol–water partition coefficient (Wildman–Crippen LogP) is 1.39. The number of hydrogen-bond donors (Lipinski definition) is 3. The van der Waals surface area contributed by atoms with Gasteiger partial charge in [0.05, 0.1) is 24.5 Å². The number of carbonyl (C=O) groups excluding carboxylic acids is 2. The van der Waals surface area contributed by atoms with Crippen LogP contribution in [0.15, 0.2) is 29.8 Å². The minimum Gasteiger partial charge on any atom is -0.442 e. The second-order valence-corrected chi connectivity index (χ2v) is 5.77. The number of cyclic esters (lactones) is 1. The highest BCUT2D eigenvalue weighted by atomic mass is 32.2. The molecule has 0 saturated carbocycles. The number of nitrogens with one attached hydrogen (secondary N) is 2. The second kappa shape index (κ2) is 7.88. The molecule has 2 atom stereocenters. The summed E-state index contributed by atoms with van der Waals surface area (Å²) in [6.45, 7) is 1.73. The fraction of sp³-hybridized carbons (Fsp3) is 0.286. The van der Waals surface area contributed by atoms with E-state index >= 15 is 0 Å². The number of benzene rings is 1. The number of carbonyl (C=O) groups is 2. The molecule has 24 heavy (non-hydrogen) atoms. The Hall–Kier alpha value is -2.46. The van der Waals surface area contributed by atoms with Gasteiger partial charge in [-0.3, -0.25) is 9.69 Å². The molecule has 1 heterocycles. The van der Waals surface area contributed by atoms with Crippen LogP contribution in [0, 0.1) is 5.82 Å². The summed E-state index contributed by atoms with van der Waals surface area (Å²) < 4.78 is 38.2. The highest BCUT2D eigenvalue weighted by molar-refractivity contribution is 7.82. The quantitative estimate of drug-likeness (QED) is 0.664. The van der Waals surface area contributed by atoms with E-state index in [9.17, 15) is 18.2 Å². The third-order valence-electron chi connectivity index (χ3n) is 3.14. The first kappa shape index (κ1) is 17.9. The Morgan fingerprint density at radius 2 is 2.33 bits per heavy atom. The van der Waals surface area contributed by atoms with Crippen LogP contribution in [-0.2, 0) is 20.6 Å². The summed E-state index contributed by atoms with van der Waals surface area (Å²) in [5, 5.41) is 6.02. The molecule has 1 aliphatic rings. The predicted molar refractivity (Wildman–Crippen MR) is 86.2 cm³/mol. The van der Waals surface area contributed by atoms with Crippen molar-refractivity contribution in [3.8, 4) is 0 Å². The van der Waals surface area contributed by atoms with Crippen molar-refractivity contribution >= 4 is 34.5 Å². The number of halogens is 1. The maximum atomic E-state index is 14.0. The Kier molecular flexibility index (Phi) is 5.88. The first-order chi connectivity index (χ1) is 11.4. The number of anilines is 2. The molecule has 1 aromatic carbocycles. The maximum Gasteiger partial charge on any atom is 0.414 e. The van der Waals surface area contributed by atoms with E-state index in [2.05, 4.69) is 10.6 Å². The highest BCUT2D eigenvalue weighted by Crippen LogP contribution is 2.25. The van der Waals surface area contributed by atoms with Crippen LogP contribution >= 0.6 is 0 Å². The molecule has 130 valence electrons. The molecule has 8 nitrogen and oxygen atoms in total. The lowest BCUT2D eigenvalue weighted by atomic mass is 10.2. The van der Waals surface area contributed by atoms with E-state index in [0.29, 0.717) is 5.69 Å². The fourth-order valence-corrected chi connectivity index (χ4v) is 2.25. The van der Waals surface area contributed by atoms with Crippen LogP contribution in [0.1, 0.15) is 6.92 Å². The lowest BCUT2D eigenvalue weighted by Gasteiger charge is -2.14. The lowest BCUT2D eigenvalue weighted by molar-refractivity contribution is -0.119. The van der Waals surface area contributed by atoms with Crippen molar-refractivity contribution in [1.82, 2.24) is 5.32 Å². The van der Waals surface area contributed by atoms with Crippen molar-refractivity contribution in [3.05, 3.63) is 35.6 Å². The Morgan fingerprint density at radius 3 is 2.96 bits per heavy atom. The summed E-state index contributed by atoms with van der Waals surface area (Å²) >= 11 is -2.13. The lowest BCUT2D eigenvalue weighted by Crippen LogP contribution is -2.33. The first-order valence-electron chi connectivity index (χ1n) is 6.92. The Labute approximate surface area is 139 Å². The van der Waals surface area contributed by atoms with E-state index < -0.39 is 29.1 Å². The molecule has 1 saturated heterocycles. The smallest absolute Gasteiger partial charge is 0.414 e. The van der Waals surface area contributed by atoms with E-state index in [-0.39, 0.29) is 24.7 Å². The monoisotopic (exact) mass is 357 g/mol. The molecular weight excluding hydrogens is 341 g/mol. The average molecular weight is 357 g/mol. The molecule has 0 aliphatic carbocycles. The van der Waals surface area contributed by atoms with Crippen molar-refractivity contribution in [2.45, 2.75) is 13.0 Å². The number of ether oxygens (including phenoxy) is 1. The van der Waals surface area contributed by atoms with Crippen molar-refractivity contribution in [3.63, 3.8) is 0 Å². The van der Waals surface area contributed by atoms with Gasteiger partial charge in [-0.25, -0.2) is 13.4 Å². The van der Waals surface area contributed by atoms with Gasteiger partial charge in [-0.15, -0.1) is 0 Å². The van der Waals surface area contributed by atoms with Gasteiger partial charge in [0.15, 0.2) is 11.1 Å². The Morgan fingerprint density at radius 1 is 1.58 bits per heavy atom. The number of hydrogen-bond acceptors (Lipinski definition) is 5. The maximum absolute atomic E-state index is 14.0. The van der Waals surface area contributed by atoms with Crippen LogP contribution in [0.4, 0.5) is 20.6 Å². The molecule has 2 amide bonds. The minimum atomic E-state index is -2.13. The Balaban J connectivity index is 2.04. The van der Waals surface area contributed by atoms with E-state index in [1.165, 1.54) is 24.0 Å². The molecule has 1 fully saturated rings. The molecule has 0 radical (unpaired) electrons. The van der Waals surface area contributed by atoms with E-state index in [0.717, 1.165) is 17.7 Å². The van der Waals surface area contributed by atoms with Crippen molar-refractivity contribution in [2.75, 3.05) is 23.3 Å². The minimum absolute atomic E-state index is 0.0859. The van der Waals surface area contributed by atoms with Crippen molar-refractivity contribution in [2.24, 2.45) is 0 Å². The largest absolute Gasteiger partial charge is 0.442 e. The van der Waals surface area contributed by atoms with Crippen LogP contribution in [0.3, 0.4) is 0 Å². The zero-order valence-corrected chi connectivity index (χ0v) is 13.5. The molecule has 0 spiro atoms. The van der Waals surface area contributed by atoms with Crippen LogP contribution in [0.2, 0.25) is 0 Å². The zero-order valence-electron chi connectivity index (χ0n) is 12.7. The topological polar surface area (TPSA) is 108 Å². The van der Waals surface area contributed by atoms with E-state index in [1.807, 2.05) is 0 Å². The van der Waals surface area contributed by atoms with Gasteiger partial charge in [-0.2, -0.15) is 0 Å². The summed E-state index contributed by atoms with van der Waals surface area (Å²) in [5.74, 6) is -0.873. The molecule has 1 aromatic rings. The molecule has 3 N–H and O–H groups in total. The first-order valence-corrected chi connectivity index (χ1v) is 8.09. The van der Waals surface area contributed by atoms with Gasteiger partial charge in [0.2, 0.25) is 5.91 Å². The Bertz CT molecular complexity index is 697. The molecular formula is C14H16FN3O5S. The molecule has 2 rings (SSSR count). The van der Waals surface area contributed by atoms with Crippen LogP contribution in [-0.4, -0.2) is 40.0 Å². The summed E-state index contributed by atoms with van der Waals surface area (Å²) in [6, 6.07) is 4.05. The number of nitrogens with zero attached hydrogens (tertiary/aromatic N) is 1. The molecule has 10 heteroatoms. The number of rotatable bonds is 6. The third-order valence-corrected chi connectivity index (χ3v) is 3.51.